The fourth-order valence-electron chi connectivity index (χ4n) is 1.35. The summed E-state index contributed by atoms with van der Waals surface area (Å²) in [6.07, 6.45) is 1.89. The van der Waals surface area contributed by atoms with Gasteiger partial charge >= 0.3 is 0 Å². The molecule has 0 aliphatic heterocycles. The first kappa shape index (κ1) is 11.4. The van der Waals surface area contributed by atoms with Crippen molar-refractivity contribution in [1.82, 2.24) is 4.98 Å². The first-order valence-electron chi connectivity index (χ1n) is 4.85. The smallest absolute Gasteiger partial charge is 0.0897 e. The topological polar surface area (TPSA) is 50.9 Å². The van der Waals surface area contributed by atoms with Crippen molar-refractivity contribution >= 4 is 38.6 Å². The van der Waals surface area contributed by atoms with E-state index < -0.39 is 0 Å². The number of benzene rings is 1. The molecule has 16 heavy (non-hydrogen) atoms. The zero-order valence-corrected chi connectivity index (χ0v) is 11.2. The largest absolute Gasteiger partial charge is 0.397 e. The number of aromatic nitrogens is 1. The third-order valence-electron chi connectivity index (χ3n) is 2.14. The van der Waals surface area contributed by atoms with Crippen molar-refractivity contribution in [2.45, 2.75) is 13.5 Å². The van der Waals surface area contributed by atoms with Gasteiger partial charge in [0.25, 0.3) is 0 Å². The van der Waals surface area contributed by atoms with Crippen LogP contribution in [0.15, 0.2) is 28.9 Å². The van der Waals surface area contributed by atoms with Gasteiger partial charge in [-0.05, 0) is 25.1 Å². The molecule has 3 nitrogen and oxygen atoms in total. The van der Waals surface area contributed by atoms with Crippen LogP contribution in [0.1, 0.15) is 9.88 Å². The van der Waals surface area contributed by atoms with E-state index >= 15 is 0 Å². The molecule has 0 saturated heterocycles. The number of hydrogen-bond acceptors (Lipinski definition) is 4. The Hall–Kier alpha value is -1.07. The normalized spacial score (nSPS) is 10.4. The highest BCUT2D eigenvalue weighted by Crippen LogP contribution is 2.24. The van der Waals surface area contributed by atoms with Gasteiger partial charge in [0.15, 0.2) is 0 Å². The lowest BCUT2D eigenvalue weighted by Crippen LogP contribution is -2.01. The molecule has 0 amide bonds. The van der Waals surface area contributed by atoms with Gasteiger partial charge in [0.05, 0.1) is 22.9 Å². The highest BCUT2D eigenvalue weighted by molar-refractivity contribution is 9.10. The van der Waals surface area contributed by atoms with Crippen LogP contribution in [0.4, 0.5) is 11.4 Å². The van der Waals surface area contributed by atoms with Gasteiger partial charge in [0.2, 0.25) is 0 Å². The van der Waals surface area contributed by atoms with Crippen molar-refractivity contribution in [3.8, 4) is 0 Å². The van der Waals surface area contributed by atoms with E-state index in [0.717, 1.165) is 27.4 Å². The SMILES string of the molecule is Cc1ncc(CNc2cc(Br)ccc2N)s1. The zero-order valence-electron chi connectivity index (χ0n) is 8.83. The summed E-state index contributed by atoms with van der Waals surface area (Å²) in [7, 11) is 0. The van der Waals surface area contributed by atoms with Crippen LogP contribution in [0, 0.1) is 6.92 Å². The predicted octanol–water partition coefficient (Wildman–Crippen LogP) is 3.41. The first-order chi connectivity index (χ1) is 7.65. The van der Waals surface area contributed by atoms with Crippen molar-refractivity contribution < 1.29 is 0 Å². The van der Waals surface area contributed by atoms with E-state index in [9.17, 15) is 0 Å². The highest BCUT2D eigenvalue weighted by atomic mass is 79.9. The quantitative estimate of drug-likeness (QED) is 0.854. The van der Waals surface area contributed by atoms with Crippen LogP contribution in [-0.2, 0) is 6.54 Å². The molecule has 2 aromatic rings. The van der Waals surface area contributed by atoms with Crippen LogP contribution < -0.4 is 11.1 Å². The fraction of sp³-hybridized carbons (Fsp3) is 0.182. The van der Waals surface area contributed by atoms with E-state index in [2.05, 4.69) is 26.2 Å². The predicted molar refractivity (Wildman–Crippen MR) is 72.7 cm³/mol. The Morgan fingerprint density at radius 2 is 2.31 bits per heavy atom. The number of nitrogens with one attached hydrogen (secondary N) is 1. The molecule has 0 atom stereocenters. The maximum atomic E-state index is 5.86. The Bertz CT molecular complexity index is 496. The summed E-state index contributed by atoms with van der Waals surface area (Å²) < 4.78 is 1.02. The molecule has 1 aromatic heterocycles. The molecule has 1 aromatic carbocycles. The summed E-state index contributed by atoms with van der Waals surface area (Å²) in [6.45, 7) is 2.76. The molecule has 0 fully saturated rings. The van der Waals surface area contributed by atoms with Crippen molar-refractivity contribution in [2.75, 3.05) is 11.1 Å². The summed E-state index contributed by atoms with van der Waals surface area (Å²) in [4.78, 5) is 5.41. The van der Waals surface area contributed by atoms with Crippen LogP contribution in [-0.4, -0.2) is 4.98 Å². The van der Waals surface area contributed by atoms with E-state index in [1.807, 2.05) is 31.3 Å². The second-order valence-corrected chi connectivity index (χ2v) is 5.67. The number of aryl methyl sites for hydroxylation is 1. The number of nitrogen functional groups attached to an aromatic ring is 1. The molecular formula is C11H12BrN3S. The fourth-order valence-corrected chi connectivity index (χ4v) is 2.45. The van der Waals surface area contributed by atoms with E-state index in [1.165, 1.54) is 4.88 Å². The van der Waals surface area contributed by atoms with E-state index in [0.29, 0.717) is 0 Å². The van der Waals surface area contributed by atoms with E-state index in [-0.39, 0.29) is 0 Å². The third kappa shape index (κ3) is 2.74. The average Bonchev–Trinajstić information content (AvgIpc) is 2.66. The van der Waals surface area contributed by atoms with Gasteiger partial charge in [0, 0.05) is 15.5 Å². The Kier molecular flexibility index (Phi) is 3.46. The molecule has 0 bridgehead atoms. The van der Waals surface area contributed by atoms with Crippen LogP contribution in [0.3, 0.4) is 0 Å². The van der Waals surface area contributed by atoms with Gasteiger partial charge in [-0.3, -0.25) is 0 Å². The summed E-state index contributed by atoms with van der Waals surface area (Å²) in [6, 6.07) is 5.78. The Morgan fingerprint density at radius 1 is 1.50 bits per heavy atom. The van der Waals surface area contributed by atoms with Crippen LogP contribution in [0.25, 0.3) is 0 Å². The van der Waals surface area contributed by atoms with Gasteiger partial charge in [-0.2, -0.15) is 0 Å². The molecular weight excluding hydrogens is 286 g/mol. The first-order valence-corrected chi connectivity index (χ1v) is 6.46. The summed E-state index contributed by atoms with van der Waals surface area (Å²) in [5.41, 5.74) is 7.56. The van der Waals surface area contributed by atoms with Gasteiger partial charge in [-0.1, -0.05) is 15.9 Å². The number of thiazole rings is 1. The highest BCUT2D eigenvalue weighted by Gasteiger charge is 2.01. The van der Waals surface area contributed by atoms with Gasteiger partial charge < -0.3 is 11.1 Å². The number of anilines is 2. The van der Waals surface area contributed by atoms with Crippen LogP contribution >= 0.6 is 27.3 Å². The molecule has 0 spiro atoms. The molecule has 0 aliphatic rings. The van der Waals surface area contributed by atoms with Crippen LogP contribution in [0.2, 0.25) is 0 Å². The minimum absolute atomic E-state index is 0.754. The van der Waals surface area contributed by atoms with Gasteiger partial charge in [-0.15, -0.1) is 11.3 Å². The monoisotopic (exact) mass is 297 g/mol. The average molecular weight is 298 g/mol. The van der Waals surface area contributed by atoms with Gasteiger partial charge in [-0.25, -0.2) is 4.98 Å². The molecule has 5 heteroatoms. The second kappa shape index (κ2) is 4.84. The molecule has 1 heterocycles. The van der Waals surface area contributed by atoms with Crippen LogP contribution in [0.5, 0.6) is 0 Å². The Morgan fingerprint density at radius 3 is 3.00 bits per heavy atom. The summed E-state index contributed by atoms with van der Waals surface area (Å²) in [5.74, 6) is 0. The molecule has 0 aliphatic carbocycles. The number of rotatable bonds is 3. The van der Waals surface area contributed by atoms with Crippen molar-refractivity contribution in [2.24, 2.45) is 0 Å². The number of hydrogen-bond donors (Lipinski definition) is 2. The van der Waals surface area contributed by atoms with E-state index in [1.54, 1.807) is 11.3 Å². The summed E-state index contributed by atoms with van der Waals surface area (Å²) >= 11 is 5.11. The maximum Gasteiger partial charge on any atom is 0.0897 e. The van der Waals surface area contributed by atoms with Gasteiger partial charge in [0.1, 0.15) is 0 Å². The van der Waals surface area contributed by atoms with Crippen molar-refractivity contribution in [3.63, 3.8) is 0 Å². The second-order valence-electron chi connectivity index (χ2n) is 3.43. The molecule has 84 valence electrons. The molecule has 3 N–H and O–H groups in total. The number of halogens is 1. The third-order valence-corrected chi connectivity index (χ3v) is 3.54. The Labute approximate surface area is 107 Å². The lowest BCUT2D eigenvalue weighted by molar-refractivity contribution is 1.17. The zero-order chi connectivity index (χ0) is 11.5. The molecule has 0 saturated carbocycles. The number of nitrogens with two attached hydrogens (primary N) is 1. The van der Waals surface area contributed by atoms with Crippen molar-refractivity contribution in [3.05, 3.63) is 38.8 Å². The minimum atomic E-state index is 0.754. The van der Waals surface area contributed by atoms with E-state index in [4.69, 9.17) is 5.73 Å². The molecule has 2 rings (SSSR count). The molecule has 0 radical (unpaired) electrons. The van der Waals surface area contributed by atoms with Crippen molar-refractivity contribution in [1.29, 1.82) is 0 Å². The molecule has 0 unspecified atom stereocenters. The summed E-state index contributed by atoms with van der Waals surface area (Å²) in [5, 5.41) is 4.38. The maximum absolute atomic E-state index is 5.86. The lowest BCUT2D eigenvalue weighted by Gasteiger charge is -2.08. The number of nitrogens with zero attached hydrogens (tertiary/aromatic N) is 1. The lowest BCUT2D eigenvalue weighted by atomic mass is 10.2. The standard InChI is InChI=1S/C11H12BrN3S/c1-7-14-5-9(16-7)6-15-11-4-8(12)2-3-10(11)13/h2-5,15H,6,13H2,1H3. The minimum Gasteiger partial charge on any atom is -0.397 e. The Balaban J connectivity index is 2.07.